The number of carbonyl (C=O) groups is 2. The highest BCUT2D eigenvalue weighted by atomic mass is 32.1. The largest absolute Gasteiger partial charge is 0.297 e. The maximum absolute atomic E-state index is 11.7. The number of ketones is 2. The highest BCUT2D eigenvalue weighted by Crippen LogP contribution is 2.51. The van der Waals surface area contributed by atoms with Crippen LogP contribution in [0.2, 0.25) is 0 Å². The molecule has 0 radical (unpaired) electrons. The van der Waals surface area contributed by atoms with Crippen LogP contribution in [-0.2, 0) is 9.59 Å². The second-order valence-electron chi connectivity index (χ2n) is 5.66. The normalized spacial score (nSPS) is 35.7. The Bertz CT molecular complexity index is 585. The number of hydrogen-bond acceptors (Lipinski definition) is 9. The van der Waals surface area contributed by atoms with Crippen LogP contribution in [-0.4, -0.2) is 50.1 Å². The van der Waals surface area contributed by atoms with Crippen molar-refractivity contribution in [3.63, 3.8) is 0 Å². The molecule has 0 amide bonds. The fourth-order valence-electron chi connectivity index (χ4n) is 3.11. The van der Waals surface area contributed by atoms with E-state index in [1.165, 1.54) is 23.9 Å². The van der Waals surface area contributed by atoms with Gasteiger partial charge in [0, 0.05) is 0 Å². The molecule has 0 saturated carbocycles. The van der Waals surface area contributed by atoms with Gasteiger partial charge in [-0.1, -0.05) is 10.4 Å². The van der Waals surface area contributed by atoms with E-state index in [1.54, 1.807) is 13.8 Å². The van der Waals surface area contributed by atoms with Crippen LogP contribution in [0.25, 0.3) is 0 Å². The van der Waals surface area contributed by atoms with E-state index in [0.717, 1.165) is 0 Å². The van der Waals surface area contributed by atoms with Gasteiger partial charge in [-0.2, -0.15) is 5.01 Å². The van der Waals surface area contributed by atoms with Crippen molar-refractivity contribution in [2.75, 3.05) is 0 Å². The van der Waals surface area contributed by atoms with Crippen LogP contribution >= 0.6 is 12.2 Å². The fraction of sp³-hybridized carbons (Fsp3) is 0.727. The lowest BCUT2D eigenvalue weighted by Gasteiger charge is -2.38. The molecule has 2 heterocycles. The topological polar surface area (TPSA) is 123 Å². The number of Topliss-reactive ketones (excluding diaryl/α,β-unsaturated/α-hetero) is 2. The molecule has 120 valence electrons. The Hall–Kier alpha value is -1.85. The Labute approximate surface area is 131 Å². The zero-order chi connectivity index (χ0) is 16.9. The Morgan fingerprint density at radius 1 is 1.14 bits per heavy atom. The molecule has 11 heteroatoms. The van der Waals surface area contributed by atoms with Crippen LogP contribution in [0.3, 0.4) is 0 Å². The van der Waals surface area contributed by atoms with Crippen molar-refractivity contribution in [3.05, 3.63) is 9.81 Å². The minimum atomic E-state index is -1.29. The number of hydrazine groups is 2. The number of hydrogen-bond donors (Lipinski definition) is 2. The Morgan fingerprint density at radius 3 is 2.05 bits per heavy atom. The number of fused-ring (bicyclic) bond motifs is 1. The van der Waals surface area contributed by atoms with E-state index in [0.29, 0.717) is 0 Å². The van der Waals surface area contributed by atoms with Gasteiger partial charge in [-0.15, -0.1) is 9.81 Å². The van der Waals surface area contributed by atoms with Crippen molar-refractivity contribution in [1.82, 2.24) is 20.9 Å². The molecule has 0 bridgehead atoms. The maximum atomic E-state index is 11.7. The second kappa shape index (κ2) is 5.11. The molecule has 2 N–H and O–H groups in total. The molecule has 2 aliphatic rings. The van der Waals surface area contributed by atoms with Gasteiger partial charge in [-0.3, -0.25) is 20.0 Å². The van der Waals surface area contributed by atoms with Gasteiger partial charge in [0.05, 0.1) is 0 Å². The van der Waals surface area contributed by atoms with Gasteiger partial charge in [0.15, 0.2) is 34.4 Å². The van der Waals surface area contributed by atoms with E-state index in [9.17, 15) is 19.4 Å². The lowest BCUT2D eigenvalue weighted by molar-refractivity contribution is -0.122. The first-order valence-corrected chi connectivity index (χ1v) is 6.90. The number of nitroso groups, excluding NO2 is 2. The summed E-state index contributed by atoms with van der Waals surface area (Å²) in [5, 5.41) is 8.89. The average molecular weight is 328 g/mol. The SMILES string of the molecule is CC(=O)C(N=O)C1(C)NNC(=S)N2N1C2(C)C(N=O)C(C)=O. The average Bonchev–Trinajstić information content (AvgIpc) is 3.04. The summed E-state index contributed by atoms with van der Waals surface area (Å²) >= 11 is 5.13. The minimum absolute atomic E-state index is 0.197. The zero-order valence-electron chi connectivity index (χ0n) is 12.5. The highest BCUT2D eigenvalue weighted by molar-refractivity contribution is 7.80. The van der Waals surface area contributed by atoms with Crippen molar-refractivity contribution in [2.24, 2.45) is 10.4 Å². The summed E-state index contributed by atoms with van der Waals surface area (Å²) in [6.07, 6.45) is 0. The van der Waals surface area contributed by atoms with E-state index >= 15 is 0 Å². The molecule has 0 aromatic rings. The number of thiocarbonyl (C=S) groups is 1. The molecule has 0 aromatic carbocycles. The number of nitrogens with one attached hydrogen (secondary N) is 2. The van der Waals surface area contributed by atoms with Crippen LogP contribution < -0.4 is 10.9 Å². The third-order valence-corrected chi connectivity index (χ3v) is 4.38. The molecule has 10 nitrogen and oxygen atoms in total. The number of carbonyl (C=O) groups excluding carboxylic acids is 2. The fourth-order valence-corrected chi connectivity index (χ4v) is 3.43. The third-order valence-electron chi connectivity index (χ3n) is 4.10. The summed E-state index contributed by atoms with van der Waals surface area (Å²) in [5.41, 5.74) is 2.97. The molecule has 2 rings (SSSR count). The summed E-state index contributed by atoms with van der Waals surface area (Å²) in [6, 6.07) is -2.50. The van der Waals surface area contributed by atoms with Crippen molar-refractivity contribution in [1.29, 1.82) is 0 Å². The molecule has 2 saturated heterocycles. The van der Waals surface area contributed by atoms with Gasteiger partial charge in [0.25, 0.3) is 0 Å². The van der Waals surface area contributed by atoms with Crippen LogP contribution in [0.5, 0.6) is 0 Å². The monoisotopic (exact) mass is 328 g/mol. The highest BCUT2D eigenvalue weighted by Gasteiger charge is 2.75. The molecule has 0 spiro atoms. The van der Waals surface area contributed by atoms with E-state index in [2.05, 4.69) is 21.2 Å². The summed E-state index contributed by atoms with van der Waals surface area (Å²) in [5.74, 6) is -0.914. The first kappa shape index (κ1) is 16.5. The zero-order valence-corrected chi connectivity index (χ0v) is 13.3. The van der Waals surface area contributed by atoms with E-state index in [-0.39, 0.29) is 5.11 Å². The second-order valence-corrected chi connectivity index (χ2v) is 6.04. The summed E-state index contributed by atoms with van der Waals surface area (Å²) < 4.78 is 0. The molecule has 2 fully saturated rings. The summed E-state index contributed by atoms with van der Waals surface area (Å²) in [4.78, 5) is 45.6. The van der Waals surface area contributed by atoms with Gasteiger partial charge < -0.3 is 0 Å². The Balaban J connectivity index is 2.49. The quantitative estimate of drug-likeness (QED) is 0.387. The van der Waals surface area contributed by atoms with Crippen molar-refractivity contribution < 1.29 is 9.59 Å². The maximum Gasteiger partial charge on any atom is 0.200 e. The van der Waals surface area contributed by atoms with Gasteiger partial charge in [-0.05, 0) is 39.9 Å². The van der Waals surface area contributed by atoms with Crippen molar-refractivity contribution in [2.45, 2.75) is 51.1 Å². The minimum Gasteiger partial charge on any atom is -0.297 e. The molecule has 22 heavy (non-hydrogen) atoms. The smallest absolute Gasteiger partial charge is 0.200 e. The summed E-state index contributed by atoms with van der Waals surface area (Å²) in [6.45, 7) is 5.61. The predicted octanol–water partition coefficient (Wildman–Crippen LogP) is -0.208. The van der Waals surface area contributed by atoms with E-state index < -0.39 is 35.0 Å². The van der Waals surface area contributed by atoms with Crippen LogP contribution in [0.15, 0.2) is 10.4 Å². The lowest BCUT2D eigenvalue weighted by Crippen LogP contribution is -2.69. The van der Waals surface area contributed by atoms with Crippen LogP contribution in [0, 0.1) is 9.81 Å². The lowest BCUT2D eigenvalue weighted by atomic mass is 9.96. The van der Waals surface area contributed by atoms with Crippen molar-refractivity contribution >= 4 is 28.9 Å². The number of nitrogens with zero attached hydrogens (tertiary/aromatic N) is 4. The van der Waals surface area contributed by atoms with Gasteiger partial charge >= 0.3 is 0 Å². The molecule has 2 aliphatic heterocycles. The van der Waals surface area contributed by atoms with Gasteiger partial charge in [0.1, 0.15) is 5.66 Å². The predicted molar refractivity (Wildman–Crippen MR) is 79.9 cm³/mol. The molecule has 0 aromatic heterocycles. The van der Waals surface area contributed by atoms with Crippen LogP contribution in [0.1, 0.15) is 27.7 Å². The first-order valence-electron chi connectivity index (χ1n) is 6.49. The summed E-state index contributed by atoms with van der Waals surface area (Å²) in [7, 11) is 0. The molecule has 5 atom stereocenters. The molecular weight excluding hydrogens is 312 g/mol. The Kier molecular flexibility index (Phi) is 3.83. The van der Waals surface area contributed by atoms with Crippen molar-refractivity contribution in [3.8, 4) is 0 Å². The third kappa shape index (κ3) is 1.96. The standard InChI is InChI=1S/C11H16N6O4S/c1-5(18)7(13-20)10(3)15-12-9(22)16-11(4,17(10)16)8(14-21)6(2)19/h7-8,15H,1-4H3,(H,12,22). The molecular formula is C11H16N6O4S. The van der Waals surface area contributed by atoms with Gasteiger partial charge in [0.2, 0.25) is 0 Å². The first-order chi connectivity index (χ1) is 10.2. The van der Waals surface area contributed by atoms with Crippen LogP contribution in [0.4, 0.5) is 0 Å². The van der Waals surface area contributed by atoms with Gasteiger partial charge in [-0.25, -0.2) is 5.43 Å². The molecule has 5 unspecified atom stereocenters. The Morgan fingerprint density at radius 2 is 1.64 bits per heavy atom. The van der Waals surface area contributed by atoms with E-state index in [4.69, 9.17) is 12.2 Å². The number of rotatable bonds is 6. The van der Waals surface area contributed by atoms with E-state index in [1.807, 2.05) is 0 Å². The molecule has 0 aliphatic carbocycles.